The van der Waals surface area contributed by atoms with Crippen LogP contribution in [-0.4, -0.2) is 16.6 Å². The number of aromatic nitrogens is 1. The number of nitrogens with zero attached hydrogens (tertiary/aromatic N) is 1. The van der Waals surface area contributed by atoms with Crippen molar-refractivity contribution in [2.24, 2.45) is 5.73 Å². The molecule has 2 aromatic heterocycles. The van der Waals surface area contributed by atoms with E-state index in [1.54, 1.807) is 17.5 Å². The lowest BCUT2D eigenvalue weighted by atomic mass is 9.95. The minimum Gasteiger partial charge on any atom is -0.387 e. The second-order valence-electron chi connectivity index (χ2n) is 4.01. The first-order chi connectivity index (χ1) is 8.24. The second kappa shape index (κ2) is 5.40. The Hall–Kier alpha value is -1.23. The van der Waals surface area contributed by atoms with Crippen molar-refractivity contribution in [2.45, 2.75) is 18.9 Å². The molecule has 3 nitrogen and oxygen atoms in total. The van der Waals surface area contributed by atoms with Crippen LogP contribution in [0.15, 0.2) is 35.8 Å². The molecule has 0 aromatic carbocycles. The van der Waals surface area contributed by atoms with Gasteiger partial charge in [-0.2, -0.15) is 0 Å². The van der Waals surface area contributed by atoms with E-state index < -0.39 is 6.10 Å². The molecule has 0 amide bonds. The smallest absolute Gasteiger partial charge is 0.0980 e. The van der Waals surface area contributed by atoms with Gasteiger partial charge in [0.1, 0.15) is 0 Å². The molecular weight excluding hydrogens is 232 g/mol. The average molecular weight is 248 g/mol. The zero-order chi connectivity index (χ0) is 12.3. The molecule has 0 fully saturated rings. The van der Waals surface area contributed by atoms with E-state index >= 15 is 0 Å². The molecule has 90 valence electrons. The molecule has 0 radical (unpaired) electrons. The van der Waals surface area contributed by atoms with Gasteiger partial charge in [0.05, 0.1) is 6.10 Å². The molecule has 0 saturated heterocycles. The summed E-state index contributed by atoms with van der Waals surface area (Å²) in [5.74, 6) is -0.145. The molecule has 0 aliphatic rings. The normalized spacial score (nSPS) is 14.5. The van der Waals surface area contributed by atoms with Gasteiger partial charge in [-0.3, -0.25) is 4.98 Å². The van der Waals surface area contributed by atoms with E-state index in [0.717, 1.165) is 16.1 Å². The van der Waals surface area contributed by atoms with Crippen LogP contribution in [0.3, 0.4) is 0 Å². The molecule has 4 heteroatoms. The number of nitrogens with two attached hydrogens (primary N) is 1. The van der Waals surface area contributed by atoms with E-state index in [-0.39, 0.29) is 5.92 Å². The highest BCUT2D eigenvalue weighted by atomic mass is 32.1. The SMILES string of the molecule is Cc1ccsc1C(O)C(CN)c1ccccn1. The van der Waals surface area contributed by atoms with Crippen LogP contribution in [0.25, 0.3) is 0 Å². The zero-order valence-corrected chi connectivity index (χ0v) is 10.5. The summed E-state index contributed by atoms with van der Waals surface area (Å²) in [4.78, 5) is 5.25. The number of thiophene rings is 1. The summed E-state index contributed by atoms with van der Waals surface area (Å²) >= 11 is 1.56. The molecule has 0 spiro atoms. The molecule has 2 aromatic rings. The van der Waals surface area contributed by atoms with Crippen molar-refractivity contribution in [3.05, 3.63) is 52.0 Å². The topological polar surface area (TPSA) is 59.1 Å². The van der Waals surface area contributed by atoms with Crippen LogP contribution in [0.1, 0.15) is 28.2 Å². The van der Waals surface area contributed by atoms with Crippen LogP contribution in [-0.2, 0) is 0 Å². The first-order valence-electron chi connectivity index (χ1n) is 5.57. The van der Waals surface area contributed by atoms with E-state index in [0.29, 0.717) is 6.54 Å². The van der Waals surface area contributed by atoms with E-state index in [2.05, 4.69) is 4.98 Å². The molecular formula is C13H16N2OS. The Bertz CT molecular complexity index is 469. The van der Waals surface area contributed by atoms with Crippen molar-refractivity contribution >= 4 is 11.3 Å². The maximum Gasteiger partial charge on any atom is 0.0980 e. The summed E-state index contributed by atoms with van der Waals surface area (Å²) in [7, 11) is 0. The molecule has 2 atom stereocenters. The van der Waals surface area contributed by atoms with Gasteiger partial charge in [0.2, 0.25) is 0 Å². The maximum absolute atomic E-state index is 10.4. The number of aliphatic hydroxyl groups is 1. The van der Waals surface area contributed by atoms with Crippen LogP contribution in [0, 0.1) is 6.92 Å². The van der Waals surface area contributed by atoms with Crippen molar-refractivity contribution in [1.29, 1.82) is 0 Å². The van der Waals surface area contributed by atoms with Gasteiger partial charge in [0, 0.05) is 29.2 Å². The van der Waals surface area contributed by atoms with Crippen molar-refractivity contribution in [3.63, 3.8) is 0 Å². The average Bonchev–Trinajstić information content (AvgIpc) is 2.77. The molecule has 2 heterocycles. The molecule has 2 unspecified atom stereocenters. The molecule has 0 aliphatic heterocycles. The van der Waals surface area contributed by atoms with E-state index in [1.807, 2.05) is 36.6 Å². The Morgan fingerprint density at radius 1 is 1.41 bits per heavy atom. The monoisotopic (exact) mass is 248 g/mol. The maximum atomic E-state index is 10.4. The molecule has 0 bridgehead atoms. The summed E-state index contributed by atoms with van der Waals surface area (Å²) in [6.07, 6.45) is 1.15. The number of pyridine rings is 1. The third-order valence-corrected chi connectivity index (χ3v) is 3.96. The fraction of sp³-hybridized carbons (Fsp3) is 0.308. The van der Waals surface area contributed by atoms with Gasteiger partial charge in [0.25, 0.3) is 0 Å². The Morgan fingerprint density at radius 3 is 2.76 bits per heavy atom. The molecule has 17 heavy (non-hydrogen) atoms. The standard InChI is InChI=1S/C13H16N2OS/c1-9-5-7-17-13(9)12(16)10(8-14)11-4-2-3-6-15-11/h2-7,10,12,16H,8,14H2,1H3. The summed E-state index contributed by atoms with van der Waals surface area (Å²) in [5.41, 5.74) is 7.72. The van der Waals surface area contributed by atoms with E-state index in [9.17, 15) is 5.11 Å². The fourth-order valence-electron chi connectivity index (χ4n) is 1.88. The summed E-state index contributed by atoms with van der Waals surface area (Å²) in [6, 6.07) is 7.69. The third kappa shape index (κ3) is 2.54. The van der Waals surface area contributed by atoms with Gasteiger partial charge >= 0.3 is 0 Å². The van der Waals surface area contributed by atoms with E-state index in [4.69, 9.17) is 5.73 Å². The number of aliphatic hydroxyl groups excluding tert-OH is 1. The lowest BCUT2D eigenvalue weighted by molar-refractivity contribution is 0.149. The van der Waals surface area contributed by atoms with Gasteiger partial charge in [0.15, 0.2) is 0 Å². The lowest BCUT2D eigenvalue weighted by Gasteiger charge is -2.20. The van der Waals surface area contributed by atoms with Crippen LogP contribution in [0.2, 0.25) is 0 Å². The molecule has 2 rings (SSSR count). The van der Waals surface area contributed by atoms with E-state index in [1.165, 1.54) is 0 Å². The van der Waals surface area contributed by atoms with Crippen molar-refractivity contribution < 1.29 is 5.11 Å². The number of rotatable bonds is 4. The Balaban J connectivity index is 2.28. The predicted octanol–water partition coefficient (Wildman–Crippen LogP) is 2.23. The number of hydrogen-bond acceptors (Lipinski definition) is 4. The Kier molecular flexibility index (Phi) is 3.89. The Labute approximate surface area is 105 Å². The molecule has 0 saturated carbocycles. The Morgan fingerprint density at radius 2 is 2.24 bits per heavy atom. The second-order valence-corrected chi connectivity index (χ2v) is 4.96. The van der Waals surface area contributed by atoms with Crippen LogP contribution < -0.4 is 5.73 Å². The van der Waals surface area contributed by atoms with Crippen molar-refractivity contribution in [1.82, 2.24) is 4.98 Å². The highest BCUT2D eigenvalue weighted by molar-refractivity contribution is 7.10. The summed E-state index contributed by atoms with van der Waals surface area (Å²) < 4.78 is 0. The van der Waals surface area contributed by atoms with Gasteiger partial charge < -0.3 is 10.8 Å². The van der Waals surface area contributed by atoms with Gasteiger partial charge in [-0.1, -0.05) is 6.07 Å². The highest BCUT2D eigenvalue weighted by Crippen LogP contribution is 2.33. The van der Waals surface area contributed by atoms with Crippen molar-refractivity contribution in [3.8, 4) is 0 Å². The minimum atomic E-state index is -0.574. The van der Waals surface area contributed by atoms with Gasteiger partial charge in [-0.25, -0.2) is 0 Å². The fourth-order valence-corrected chi connectivity index (χ4v) is 2.85. The third-order valence-electron chi connectivity index (χ3n) is 2.87. The lowest BCUT2D eigenvalue weighted by Crippen LogP contribution is -2.20. The van der Waals surface area contributed by atoms with Crippen LogP contribution >= 0.6 is 11.3 Å². The molecule has 0 aliphatic carbocycles. The summed E-state index contributed by atoms with van der Waals surface area (Å²) in [5, 5.41) is 12.4. The largest absolute Gasteiger partial charge is 0.387 e. The van der Waals surface area contributed by atoms with Crippen LogP contribution in [0.4, 0.5) is 0 Å². The molecule has 3 N–H and O–H groups in total. The van der Waals surface area contributed by atoms with Crippen LogP contribution in [0.5, 0.6) is 0 Å². The predicted molar refractivity (Wildman–Crippen MR) is 70.0 cm³/mol. The zero-order valence-electron chi connectivity index (χ0n) is 9.71. The summed E-state index contributed by atoms with van der Waals surface area (Å²) in [6.45, 7) is 2.39. The first kappa shape index (κ1) is 12.2. The van der Waals surface area contributed by atoms with Gasteiger partial charge in [-0.15, -0.1) is 11.3 Å². The first-order valence-corrected chi connectivity index (χ1v) is 6.45. The quantitative estimate of drug-likeness (QED) is 0.872. The highest BCUT2D eigenvalue weighted by Gasteiger charge is 2.24. The minimum absolute atomic E-state index is 0.145. The van der Waals surface area contributed by atoms with Crippen molar-refractivity contribution in [2.75, 3.05) is 6.54 Å². The number of aryl methyl sites for hydroxylation is 1. The number of hydrogen-bond donors (Lipinski definition) is 2. The van der Waals surface area contributed by atoms with Gasteiger partial charge in [-0.05, 0) is 36.1 Å².